The molecule has 3 heteroatoms. The lowest BCUT2D eigenvalue weighted by molar-refractivity contribution is 0.409. The first-order valence-corrected chi connectivity index (χ1v) is 6.47. The number of imidazole rings is 1. The van der Waals surface area contributed by atoms with Crippen molar-refractivity contribution in [3.8, 4) is 17.0 Å². The molecule has 94 valence electrons. The second-order valence-corrected chi connectivity index (χ2v) is 5.07. The van der Waals surface area contributed by atoms with Crippen LogP contribution in [-0.4, -0.2) is 16.7 Å². The number of fused-ring (bicyclic) bond motifs is 1. The Morgan fingerprint density at radius 2 is 2.28 bits per heavy atom. The van der Waals surface area contributed by atoms with E-state index in [2.05, 4.69) is 23.8 Å². The molecule has 1 unspecified atom stereocenters. The highest BCUT2D eigenvalue weighted by Crippen LogP contribution is 2.26. The van der Waals surface area contributed by atoms with Crippen LogP contribution in [0, 0.1) is 5.92 Å². The third-order valence-corrected chi connectivity index (χ3v) is 3.62. The maximum Gasteiger partial charge on any atom is 0.119 e. The van der Waals surface area contributed by atoms with Crippen LogP contribution in [0.15, 0.2) is 30.5 Å². The van der Waals surface area contributed by atoms with Crippen LogP contribution in [0.1, 0.15) is 19.2 Å². The maximum atomic E-state index is 5.26. The van der Waals surface area contributed by atoms with Gasteiger partial charge in [0.25, 0.3) is 0 Å². The van der Waals surface area contributed by atoms with Crippen molar-refractivity contribution >= 4 is 0 Å². The first kappa shape index (κ1) is 11.3. The Balaban J connectivity index is 1.97. The number of hydrogen-bond acceptors (Lipinski definition) is 2. The molecule has 3 nitrogen and oxygen atoms in total. The highest BCUT2D eigenvalue weighted by Gasteiger charge is 2.17. The van der Waals surface area contributed by atoms with E-state index in [4.69, 9.17) is 9.72 Å². The summed E-state index contributed by atoms with van der Waals surface area (Å²) >= 11 is 0. The van der Waals surface area contributed by atoms with Crippen molar-refractivity contribution in [1.82, 2.24) is 9.55 Å². The lowest BCUT2D eigenvalue weighted by Gasteiger charge is -2.18. The van der Waals surface area contributed by atoms with Gasteiger partial charge in [0.1, 0.15) is 11.6 Å². The number of benzene rings is 1. The van der Waals surface area contributed by atoms with Crippen LogP contribution in [0.5, 0.6) is 5.75 Å². The molecule has 0 bridgehead atoms. The van der Waals surface area contributed by atoms with Crippen molar-refractivity contribution in [2.45, 2.75) is 26.3 Å². The van der Waals surface area contributed by atoms with Gasteiger partial charge in [-0.3, -0.25) is 0 Å². The first-order valence-electron chi connectivity index (χ1n) is 6.47. The summed E-state index contributed by atoms with van der Waals surface area (Å²) in [4.78, 5) is 4.75. The molecule has 0 aliphatic carbocycles. The Bertz CT molecular complexity index is 559. The summed E-state index contributed by atoms with van der Waals surface area (Å²) in [5.41, 5.74) is 2.18. The highest BCUT2D eigenvalue weighted by atomic mass is 16.5. The minimum Gasteiger partial charge on any atom is -0.497 e. The largest absolute Gasteiger partial charge is 0.497 e. The molecule has 0 fully saturated rings. The van der Waals surface area contributed by atoms with E-state index >= 15 is 0 Å². The molecule has 0 saturated carbocycles. The van der Waals surface area contributed by atoms with E-state index in [1.165, 1.54) is 12.2 Å². The van der Waals surface area contributed by atoms with Crippen molar-refractivity contribution in [2.24, 2.45) is 5.92 Å². The van der Waals surface area contributed by atoms with Crippen LogP contribution in [0.3, 0.4) is 0 Å². The predicted octanol–water partition coefficient (Wildman–Crippen LogP) is 3.14. The zero-order valence-electron chi connectivity index (χ0n) is 10.9. The zero-order chi connectivity index (χ0) is 12.5. The van der Waals surface area contributed by atoms with E-state index in [0.29, 0.717) is 0 Å². The van der Waals surface area contributed by atoms with Gasteiger partial charge in [-0.15, -0.1) is 0 Å². The molecule has 0 saturated heterocycles. The Kier molecular flexibility index (Phi) is 2.82. The van der Waals surface area contributed by atoms with Gasteiger partial charge in [0.2, 0.25) is 0 Å². The Hall–Kier alpha value is -1.77. The monoisotopic (exact) mass is 242 g/mol. The Labute approximate surface area is 107 Å². The van der Waals surface area contributed by atoms with Gasteiger partial charge in [-0.1, -0.05) is 19.1 Å². The van der Waals surface area contributed by atoms with Crippen molar-refractivity contribution in [3.05, 3.63) is 36.3 Å². The molecule has 18 heavy (non-hydrogen) atoms. The molecular formula is C15H18N2O. The van der Waals surface area contributed by atoms with Gasteiger partial charge < -0.3 is 9.30 Å². The van der Waals surface area contributed by atoms with E-state index in [0.717, 1.165) is 35.9 Å². The smallest absolute Gasteiger partial charge is 0.119 e. The fourth-order valence-corrected chi connectivity index (χ4v) is 2.51. The average molecular weight is 242 g/mol. The van der Waals surface area contributed by atoms with Crippen LogP contribution in [0.25, 0.3) is 11.3 Å². The van der Waals surface area contributed by atoms with Crippen LogP contribution < -0.4 is 4.74 Å². The predicted molar refractivity (Wildman–Crippen MR) is 71.7 cm³/mol. The minimum atomic E-state index is 0.748. The summed E-state index contributed by atoms with van der Waals surface area (Å²) < 4.78 is 7.55. The van der Waals surface area contributed by atoms with Gasteiger partial charge in [-0.25, -0.2) is 4.98 Å². The summed E-state index contributed by atoms with van der Waals surface area (Å²) in [6.07, 6.45) is 4.50. The SMILES string of the molecule is COc1cccc(-c2cn3c(n2)CC(C)CC3)c1. The fourth-order valence-electron chi connectivity index (χ4n) is 2.51. The second-order valence-electron chi connectivity index (χ2n) is 5.07. The van der Waals surface area contributed by atoms with Gasteiger partial charge in [0, 0.05) is 24.7 Å². The molecular weight excluding hydrogens is 224 g/mol. The summed E-state index contributed by atoms with van der Waals surface area (Å²) in [6.45, 7) is 3.39. The molecule has 1 aliphatic rings. The van der Waals surface area contributed by atoms with E-state index < -0.39 is 0 Å². The van der Waals surface area contributed by atoms with Gasteiger partial charge in [-0.2, -0.15) is 0 Å². The molecule has 1 atom stereocenters. The van der Waals surface area contributed by atoms with Gasteiger partial charge in [-0.05, 0) is 24.5 Å². The fraction of sp³-hybridized carbons (Fsp3) is 0.400. The highest BCUT2D eigenvalue weighted by molar-refractivity contribution is 5.60. The van der Waals surface area contributed by atoms with E-state index in [1.807, 2.05) is 18.2 Å². The van der Waals surface area contributed by atoms with E-state index in [1.54, 1.807) is 7.11 Å². The lowest BCUT2D eigenvalue weighted by atomic mass is 10.0. The lowest BCUT2D eigenvalue weighted by Crippen LogP contribution is -2.16. The van der Waals surface area contributed by atoms with Crippen LogP contribution >= 0.6 is 0 Å². The van der Waals surface area contributed by atoms with Crippen molar-refractivity contribution in [1.29, 1.82) is 0 Å². The summed E-state index contributed by atoms with van der Waals surface area (Å²) in [7, 11) is 1.69. The van der Waals surface area contributed by atoms with Crippen LogP contribution in [-0.2, 0) is 13.0 Å². The molecule has 0 amide bonds. The summed E-state index contributed by atoms with van der Waals surface area (Å²) in [5.74, 6) is 2.84. The number of rotatable bonds is 2. The molecule has 3 rings (SSSR count). The third kappa shape index (κ3) is 2.01. The van der Waals surface area contributed by atoms with Crippen molar-refractivity contribution in [3.63, 3.8) is 0 Å². The normalized spacial score (nSPS) is 18.4. The molecule has 2 aromatic rings. The molecule has 0 N–H and O–H groups in total. The van der Waals surface area contributed by atoms with Crippen LogP contribution in [0.2, 0.25) is 0 Å². The standard InChI is InChI=1S/C15H18N2O/c1-11-6-7-17-10-14(16-15(17)8-11)12-4-3-5-13(9-12)18-2/h3-5,9-11H,6-8H2,1-2H3. The van der Waals surface area contributed by atoms with E-state index in [-0.39, 0.29) is 0 Å². The molecule has 1 aromatic heterocycles. The maximum absolute atomic E-state index is 5.26. The second kappa shape index (κ2) is 4.48. The first-order chi connectivity index (χ1) is 8.76. The number of hydrogen-bond donors (Lipinski definition) is 0. The molecule has 1 aromatic carbocycles. The number of ether oxygens (including phenoxy) is 1. The quantitative estimate of drug-likeness (QED) is 0.809. The molecule has 1 aliphatic heterocycles. The number of nitrogens with zero attached hydrogens (tertiary/aromatic N) is 2. The summed E-state index contributed by atoms with van der Waals surface area (Å²) in [5, 5.41) is 0. The summed E-state index contributed by atoms with van der Waals surface area (Å²) in [6, 6.07) is 8.09. The Morgan fingerprint density at radius 3 is 3.11 bits per heavy atom. The molecule has 0 radical (unpaired) electrons. The van der Waals surface area contributed by atoms with Crippen LogP contribution in [0.4, 0.5) is 0 Å². The van der Waals surface area contributed by atoms with Crippen molar-refractivity contribution in [2.75, 3.05) is 7.11 Å². The van der Waals surface area contributed by atoms with Gasteiger partial charge in [0.05, 0.1) is 12.8 Å². The third-order valence-electron chi connectivity index (χ3n) is 3.62. The molecule has 2 heterocycles. The van der Waals surface area contributed by atoms with E-state index in [9.17, 15) is 0 Å². The van der Waals surface area contributed by atoms with Crippen molar-refractivity contribution < 1.29 is 4.74 Å². The van der Waals surface area contributed by atoms with Gasteiger partial charge >= 0.3 is 0 Å². The number of aromatic nitrogens is 2. The average Bonchev–Trinajstić information content (AvgIpc) is 2.81. The van der Waals surface area contributed by atoms with Gasteiger partial charge in [0.15, 0.2) is 0 Å². The topological polar surface area (TPSA) is 27.1 Å². The number of aryl methyl sites for hydroxylation is 1. The Morgan fingerprint density at radius 1 is 1.39 bits per heavy atom. The minimum absolute atomic E-state index is 0.748. The zero-order valence-corrected chi connectivity index (χ0v) is 10.9. The molecule has 0 spiro atoms. The number of methoxy groups -OCH3 is 1.